The molecule has 0 spiro atoms. The number of esters is 1. The van der Waals surface area contributed by atoms with Gasteiger partial charge in [0.2, 0.25) is 5.91 Å². The molecule has 1 amide bonds. The lowest BCUT2D eigenvalue weighted by atomic mass is 9.44. The zero-order valence-electron chi connectivity index (χ0n) is 16.3. The number of rotatable bonds is 9. The normalized spacial score (nSPS) is 29.9. The van der Waals surface area contributed by atoms with E-state index in [0.717, 1.165) is 31.6 Å². The van der Waals surface area contributed by atoms with Crippen molar-refractivity contribution in [1.29, 1.82) is 0 Å². The molecule has 4 atom stereocenters. The molecule has 142 valence electrons. The van der Waals surface area contributed by atoms with E-state index < -0.39 is 0 Å². The first-order valence-corrected chi connectivity index (χ1v) is 9.91. The number of hydrogen-bond donors (Lipinski definition) is 1. The fraction of sp³-hybridized carbons (Fsp3) is 0.810. The first-order valence-electron chi connectivity index (χ1n) is 9.91. The van der Waals surface area contributed by atoms with E-state index in [1.165, 1.54) is 20.0 Å². The highest BCUT2D eigenvalue weighted by Crippen LogP contribution is 2.61. The van der Waals surface area contributed by atoms with E-state index in [1.54, 1.807) is 0 Å². The molecular formula is C21H35NO3. The monoisotopic (exact) mass is 349 g/mol. The Kier molecular flexibility index (Phi) is 7.09. The summed E-state index contributed by atoms with van der Waals surface area (Å²) < 4.78 is 4.66. The van der Waals surface area contributed by atoms with Gasteiger partial charge in [-0.25, -0.2) is 0 Å². The number of carbonyl (C=O) groups is 2. The molecule has 4 unspecified atom stereocenters. The molecule has 1 N–H and O–H groups in total. The molecule has 0 aromatic heterocycles. The first kappa shape index (κ1) is 20.0. The molecule has 0 radical (unpaired) electrons. The van der Waals surface area contributed by atoms with Crippen LogP contribution in [0.3, 0.4) is 0 Å². The van der Waals surface area contributed by atoms with E-state index in [9.17, 15) is 9.59 Å². The zero-order chi connectivity index (χ0) is 18.4. The summed E-state index contributed by atoms with van der Waals surface area (Å²) in [6.07, 6.45) is 11.7. The van der Waals surface area contributed by atoms with Crippen LogP contribution < -0.4 is 5.32 Å². The number of allylic oxidation sites excluding steroid dienone is 2. The summed E-state index contributed by atoms with van der Waals surface area (Å²) in [4.78, 5) is 23.3. The van der Waals surface area contributed by atoms with Crippen molar-refractivity contribution in [1.82, 2.24) is 5.32 Å². The van der Waals surface area contributed by atoms with Crippen LogP contribution in [0.4, 0.5) is 0 Å². The molecule has 3 rings (SSSR count). The maximum atomic E-state index is 12.2. The van der Waals surface area contributed by atoms with Crippen LogP contribution in [0.15, 0.2) is 12.2 Å². The quantitative estimate of drug-likeness (QED) is 0.385. The number of amides is 1. The number of ether oxygens (including phenoxy) is 1. The van der Waals surface area contributed by atoms with Crippen molar-refractivity contribution in [3.8, 4) is 0 Å². The van der Waals surface area contributed by atoms with Gasteiger partial charge in [-0.15, -0.1) is 0 Å². The fourth-order valence-corrected chi connectivity index (χ4v) is 4.71. The summed E-state index contributed by atoms with van der Waals surface area (Å²) >= 11 is 0. The lowest BCUT2D eigenvalue weighted by molar-refractivity contribution is -0.140. The summed E-state index contributed by atoms with van der Waals surface area (Å²) in [6.45, 7) is 6.78. The third-order valence-corrected chi connectivity index (χ3v) is 6.46. The number of fused-ring (bicyclic) bond motifs is 2. The van der Waals surface area contributed by atoms with E-state index in [-0.39, 0.29) is 11.9 Å². The molecule has 25 heavy (non-hydrogen) atoms. The van der Waals surface area contributed by atoms with E-state index in [0.29, 0.717) is 36.1 Å². The minimum absolute atomic E-state index is 0.137. The fourth-order valence-electron chi connectivity index (χ4n) is 4.71. The predicted octanol–water partition coefficient (Wildman–Crippen LogP) is 4.24. The average molecular weight is 350 g/mol. The predicted molar refractivity (Wildman–Crippen MR) is 99.9 cm³/mol. The SMILES string of the molecule is CCCC(=O)NC1C(C/C=C/CCCC(=O)OC)CC2CC1C2(C)C. The molecule has 0 aromatic rings. The van der Waals surface area contributed by atoms with E-state index in [4.69, 9.17) is 0 Å². The highest BCUT2D eigenvalue weighted by Gasteiger charge is 2.57. The Morgan fingerprint density at radius 1 is 1.20 bits per heavy atom. The van der Waals surface area contributed by atoms with Gasteiger partial charge in [-0.3, -0.25) is 9.59 Å². The van der Waals surface area contributed by atoms with Crippen LogP contribution in [-0.4, -0.2) is 25.0 Å². The van der Waals surface area contributed by atoms with E-state index in [2.05, 4.69) is 43.0 Å². The number of unbranched alkanes of at least 4 members (excludes halogenated alkanes) is 1. The number of nitrogens with one attached hydrogen (secondary N) is 1. The maximum Gasteiger partial charge on any atom is 0.305 e. The van der Waals surface area contributed by atoms with Gasteiger partial charge >= 0.3 is 5.97 Å². The highest BCUT2D eigenvalue weighted by atomic mass is 16.5. The molecule has 0 aliphatic heterocycles. The van der Waals surface area contributed by atoms with Crippen molar-refractivity contribution in [3.05, 3.63) is 12.2 Å². The Bertz CT molecular complexity index is 497. The van der Waals surface area contributed by atoms with Crippen molar-refractivity contribution in [2.24, 2.45) is 23.2 Å². The molecule has 2 bridgehead atoms. The Morgan fingerprint density at radius 3 is 2.60 bits per heavy atom. The molecule has 0 heterocycles. The van der Waals surface area contributed by atoms with Crippen LogP contribution >= 0.6 is 0 Å². The minimum atomic E-state index is -0.137. The van der Waals surface area contributed by atoms with Crippen LogP contribution in [0.1, 0.15) is 72.1 Å². The summed E-state index contributed by atoms with van der Waals surface area (Å²) in [6, 6.07) is 0.318. The third-order valence-electron chi connectivity index (χ3n) is 6.46. The van der Waals surface area contributed by atoms with Crippen molar-refractivity contribution in [2.45, 2.75) is 78.2 Å². The Labute approximate surface area is 152 Å². The summed E-state index contributed by atoms with van der Waals surface area (Å²) in [5, 5.41) is 3.35. The second kappa shape index (κ2) is 8.86. The van der Waals surface area contributed by atoms with Crippen molar-refractivity contribution in [3.63, 3.8) is 0 Å². The molecule has 3 fully saturated rings. The molecule has 4 nitrogen and oxygen atoms in total. The number of methoxy groups -OCH3 is 1. The second-order valence-corrected chi connectivity index (χ2v) is 8.38. The molecule has 3 aliphatic rings. The largest absolute Gasteiger partial charge is 0.469 e. The van der Waals surface area contributed by atoms with Crippen molar-refractivity contribution in [2.75, 3.05) is 7.11 Å². The number of carbonyl (C=O) groups excluding carboxylic acids is 2. The van der Waals surface area contributed by atoms with E-state index >= 15 is 0 Å². The Hall–Kier alpha value is -1.32. The standard InChI is InChI=1S/C21H35NO3/c1-5-10-18(23)22-20-15(13-16-14-17(20)21(16,2)3)11-8-6-7-9-12-19(24)25-4/h6,8,15-17,20H,5,7,9-14H2,1-4H3,(H,22,23)/b8-6+. The van der Waals surface area contributed by atoms with Gasteiger partial charge in [-0.1, -0.05) is 32.9 Å². The van der Waals surface area contributed by atoms with Gasteiger partial charge in [0, 0.05) is 18.9 Å². The molecule has 4 heteroatoms. The summed E-state index contributed by atoms with van der Waals surface area (Å²) in [5.74, 6) is 2.04. The van der Waals surface area contributed by atoms with Gasteiger partial charge in [0.05, 0.1) is 7.11 Å². The molecular weight excluding hydrogens is 314 g/mol. The van der Waals surface area contributed by atoms with Gasteiger partial charge in [0.25, 0.3) is 0 Å². The van der Waals surface area contributed by atoms with Crippen LogP contribution in [0, 0.1) is 23.2 Å². The Morgan fingerprint density at radius 2 is 1.96 bits per heavy atom. The minimum Gasteiger partial charge on any atom is -0.469 e. The topological polar surface area (TPSA) is 55.4 Å². The van der Waals surface area contributed by atoms with Gasteiger partial charge in [-0.05, 0) is 61.7 Å². The van der Waals surface area contributed by atoms with Gasteiger partial charge in [-0.2, -0.15) is 0 Å². The lowest BCUT2D eigenvalue weighted by Gasteiger charge is -2.62. The Balaban J connectivity index is 1.85. The van der Waals surface area contributed by atoms with Crippen LogP contribution in [-0.2, 0) is 14.3 Å². The van der Waals surface area contributed by atoms with Gasteiger partial charge < -0.3 is 10.1 Å². The maximum absolute atomic E-state index is 12.2. The molecule has 3 aliphatic carbocycles. The third kappa shape index (κ3) is 4.86. The lowest BCUT2D eigenvalue weighted by Crippen LogP contribution is -2.63. The molecule has 0 aromatic carbocycles. The van der Waals surface area contributed by atoms with Crippen molar-refractivity contribution >= 4 is 11.9 Å². The average Bonchev–Trinajstić information content (AvgIpc) is 2.58. The second-order valence-electron chi connectivity index (χ2n) is 8.38. The highest BCUT2D eigenvalue weighted by molar-refractivity contribution is 5.76. The molecule has 0 saturated heterocycles. The van der Waals surface area contributed by atoms with Gasteiger partial charge in [0.15, 0.2) is 0 Å². The summed E-state index contributed by atoms with van der Waals surface area (Å²) in [7, 11) is 1.43. The smallest absolute Gasteiger partial charge is 0.305 e. The zero-order valence-corrected chi connectivity index (χ0v) is 16.3. The van der Waals surface area contributed by atoms with Crippen LogP contribution in [0.5, 0.6) is 0 Å². The van der Waals surface area contributed by atoms with Crippen LogP contribution in [0.25, 0.3) is 0 Å². The van der Waals surface area contributed by atoms with Crippen LogP contribution in [0.2, 0.25) is 0 Å². The van der Waals surface area contributed by atoms with Gasteiger partial charge in [0.1, 0.15) is 0 Å². The first-order chi connectivity index (χ1) is 11.9. The summed E-state index contributed by atoms with van der Waals surface area (Å²) in [5.41, 5.74) is 0.366. The van der Waals surface area contributed by atoms with Crippen molar-refractivity contribution < 1.29 is 14.3 Å². The van der Waals surface area contributed by atoms with E-state index in [1.807, 2.05) is 0 Å². The number of hydrogen-bond acceptors (Lipinski definition) is 3. The molecule has 3 saturated carbocycles.